The third-order valence-corrected chi connectivity index (χ3v) is 4.54. The monoisotopic (exact) mass is 284 g/mol. The molecule has 2 fully saturated rings. The number of piperidine rings is 1. The van der Waals surface area contributed by atoms with Gasteiger partial charge in [0.15, 0.2) is 0 Å². The van der Waals surface area contributed by atoms with E-state index in [0.717, 1.165) is 19.3 Å². The molecule has 0 bridgehead atoms. The first-order valence-corrected chi connectivity index (χ1v) is 7.31. The van der Waals surface area contributed by atoms with E-state index >= 15 is 0 Å². The van der Waals surface area contributed by atoms with Gasteiger partial charge in [-0.3, -0.25) is 4.79 Å². The molecule has 2 rings (SSSR count). The third kappa shape index (κ3) is 3.42. The predicted molar refractivity (Wildman–Crippen MR) is 73.5 cm³/mol. The predicted octanol–water partition coefficient (Wildman–Crippen LogP) is 1.31. The molecule has 1 aliphatic heterocycles. The molecule has 0 spiro atoms. The molecule has 20 heavy (non-hydrogen) atoms. The highest BCUT2D eigenvalue weighted by Crippen LogP contribution is 2.40. The highest BCUT2D eigenvalue weighted by atomic mass is 16.5. The Kier molecular flexibility index (Phi) is 4.86. The number of amides is 2. The number of likely N-dealkylation sites (tertiary alicyclic amines) is 1. The van der Waals surface area contributed by atoms with Crippen LogP contribution in [0, 0.1) is 11.3 Å². The molecule has 1 unspecified atom stereocenters. The van der Waals surface area contributed by atoms with Crippen LogP contribution in [0.25, 0.3) is 0 Å². The van der Waals surface area contributed by atoms with Gasteiger partial charge < -0.3 is 20.1 Å². The van der Waals surface area contributed by atoms with Crippen LogP contribution in [0.15, 0.2) is 0 Å². The van der Waals surface area contributed by atoms with Gasteiger partial charge in [0.05, 0.1) is 12.5 Å². The van der Waals surface area contributed by atoms with Crippen molar-refractivity contribution in [1.29, 1.82) is 0 Å². The molecular formula is C14H24N2O4. The maximum Gasteiger partial charge on any atom is 0.317 e. The van der Waals surface area contributed by atoms with Crippen LogP contribution in [-0.4, -0.2) is 55.4 Å². The fourth-order valence-corrected chi connectivity index (χ4v) is 3.09. The Bertz CT molecular complexity index is 368. The summed E-state index contributed by atoms with van der Waals surface area (Å²) in [5.74, 6) is -1.23. The minimum absolute atomic E-state index is 0.0897. The zero-order valence-corrected chi connectivity index (χ0v) is 12.1. The van der Waals surface area contributed by atoms with Crippen LogP contribution >= 0.6 is 0 Å². The number of hydrogen-bond donors (Lipinski definition) is 2. The van der Waals surface area contributed by atoms with Crippen molar-refractivity contribution in [3.8, 4) is 0 Å². The van der Waals surface area contributed by atoms with Gasteiger partial charge in [0.1, 0.15) is 0 Å². The Morgan fingerprint density at radius 3 is 2.70 bits per heavy atom. The van der Waals surface area contributed by atoms with Gasteiger partial charge in [0, 0.05) is 32.2 Å². The lowest BCUT2D eigenvalue weighted by Crippen LogP contribution is -2.51. The summed E-state index contributed by atoms with van der Waals surface area (Å²) in [6, 6.07) is -0.140. The average Bonchev–Trinajstić information content (AvgIpc) is 2.41. The molecule has 1 heterocycles. The highest BCUT2D eigenvalue weighted by Gasteiger charge is 2.38. The number of carbonyl (C=O) groups excluding carboxylic acids is 1. The molecule has 1 saturated carbocycles. The van der Waals surface area contributed by atoms with E-state index in [1.807, 2.05) is 0 Å². The van der Waals surface area contributed by atoms with Crippen LogP contribution < -0.4 is 5.32 Å². The van der Waals surface area contributed by atoms with Gasteiger partial charge in [-0.2, -0.15) is 0 Å². The molecule has 0 aromatic rings. The number of methoxy groups -OCH3 is 1. The second-order valence-corrected chi connectivity index (χ2v) is 6.07. The summed E-state index contributed by atoms with van der Waals surface area (Å²) in [5, 5.41) is 12.0. The summed E-state index contributed by atoms with van der Waals surface area (Å²) in [6.45, 7) is 2.25. The summed E-state index contributed by atoms with van der Waals surface area (Å²) >= 11 is 0. The Morgan fingerprint density at radius 1 is 1.40 bits per heavy atom. The van der Waals surface area contributed by atoms with Crippen molar-refractivity contribution < 1.29 is 19.4 Å². The number of nitrogens with zero attached hydrogens (tertiary/aromatic N) is 1. The van der Waals surface area contributed by atoms with Crippen LogP contribution in [0.4, 0.5) is 4.79 Å². The van der Waals surface area contributed by atoms with Gasteiger partial charge in [0.25, 0.3) is 0 Å². The number of carbonyl (C=O) groups is 2. The molecule has 1 aliphatic carbocycles. The standard InChI is InChI=1S/C14H24N2O4/c1-20-10-14(5-3-6-14)9-15-13(19)16-7-2-4-11(8-16)12(17)18/h11H,2-10H2,1H3,(H,15,19)(H,17,18). The first-order valence-electron chi connectivity index (χ1n) is 7.31. The first-order chi connectivity index (χ1) is 9.56. The average molecular weight is 284 g/mol. The largest absolute Gasteiger partial charge is 0.481 e. The van der Waals surface area contributed by atoms with Crippen LogP contribution in [-0.2, 0) is 9.53 Å². The number of ether oxygens (including phenoxy) is 1. The van der Waals surface area contributed by atoms with E-state index in [-0.39, 0.29) is 11.4 Å². The maximum absolute atomic E-state index is 12.1. The summed E-state index contributed by atoms with van der Waals surface area (Å²) in [7, 11) is 1.68. The normalized spacial score (nSPS) is 24.9. The van der Waals surface area contributed by atoms with E-state index < -0.39 is 11.9 Å². The molecule has 2 N–H and O–H groups in total. The third-order valence-electron chi connectivity index (χ3n) is 4.54. The SMILES string of the molecule is COCC1(CNC(=O)N2CCCC(C(=O)O)C2)CCC1. The molecule has 2 amide bonds. The van der Waals surface area contributed by atoms with E-state index in [1.165, 1.54) is 6.42 Å². The minimum Gasteiger partial charge on any atom is -0.481 e. The molecule has 114 valence electrons. The molecule has 6 nitrogen and oxygen atoms in total. The van der Waals surface area contributed by atoms with Gasteiger partial charge in [-0.25, -0.2) is 4.79 Å². The number of rotatable bonds is 5. The first kappa shape index (κ1) is 15.1. The number of carboxylic acids is 1. The van der Waals surface area contributed by atoms with Gasteiger partial charge in [-0.05, 0) is 25.7 Å². The molecule has 6 heteroatoms. The fraction of sp³-hybridized carbons (Fsp3) is 0.857. The molecule has 1 saturated heterocycles. The lowest BCUT2D eigenvalue weighted by molar-refractivity contribution is -0.143. The lowest BCUT2D eigenvalue weighted by atomic mass is 9.69. The highest BCUT2D eigenvalue weighted by molar-refractivity contribution is 5.76. The van der Waals surface area contributed by atoms with Crippen molar-refractivity contribution >= 4 is 12.0 Å². The minimum atomic E-state index is -0.808. The van der Waals surface area contributed by atoms with E-state index in [9.17, 15) is 9.59 Å². The maximum atomic E-state index is 12.1. The van der Waals surface area contributed by atoms with Crippen LogP contribution in [0.5, 0.6) is 0 Å². The van der Waals surface area contributed by atoms with E-state index in [4.69, 9.17) is 9.84 Å². The summed E-state index contributed by atoms with van der Waals surface area (Å²) in [4.78, 5) is 24.8. The molecule has 0 aromatic heterocycles. The van der Waals surface area contributed by atoms with Crippen molar-refractivity contribution in [2.24, 2.45) is 11.3 Å². The van der Waals surface area contributed by atoms with Gasteiger partial charge in [-0.15, -0.1) is 0 Å². The summed E-state index contributed by atoms with van der Waals surface area (Å²) in [6.07, 6.45) is 4.77. The van der Waals surface area contributed by atoms with Crippen LogP contribution in [0.1, 0.15) is 32.1 Å². The number of nitrogens with one attached hydrogen (secondary N) is 1. The van der Waals surface area contributed by atoms with Crippen molar-refractivity contribution in [1.82, 2.24) is 10.2 Å². The second-order valence-electron chi connectivity index (χ2n) is 6.07. The van der Waals surface area contributed by atoms with E-state index in [1.54, 1.807) is 12.0 Å². The van der Waals surface area contributed by atoms with Crippen molar-refractivity contribution in [2.75, 3.05) is 33.4 Å². The van der Waals surface area contributed by atoms with Gasteiger partial charge in [-0.1, -0.05) is 6.42 Å². The molecular weight excluding hydrogens is 260 g/mol. The Labute approximate surface area is 119 Å². The van der Waals surface area contributed by atoms with Gasteiger partial charge in [0.2, 0.25) is 0 Å². The Hall–Kier alpha value is -1.30. The Morgan fingerprint density at radius 2 is 2.15 bits per heavy atom. The van der Waals surface area contributed by atoms with Crippen molar-refractivity contribution in [3.63, 3.8) is 0 Å². The second kappa shape index (κ2) is 6.43. The smallest absolute Gasteiger partial charge is 0.317 e. The Balaban J connectivity index is 1.80. The molecule has 0 radical (unpaired) electrons. The molecule has 1 atom stereocenters. The zero-order chi connectivity index (χ0) is 14.6. The summed E-state index contributed by atoms with van der Waals surface area (Å²) < 4.78 is 5.23. The topological polar surface area (TPSA) is 78.9 Å². The van der Waals surface area contributed by atoms with Crippen molar-refractivity contribution in [2.45, 2.75) is 32.1 Å². The van der Waals surface area contributed by atoms with Crippen LogP contribution in [0.3, 0.4) is 0 Å². The van der Waals surface area contributed by atoms with Gasteiger partial charge >= 0.3 is 12.0 Å². The fourth-order valence-electron chi connectivity index (χ4n) is 3.09. The lowest BCUT2D eigenvalue weighted by Gasteiger charge is -2.42. The summed E-state index contributed by atoms with van der Waals surface area (Å²) in [5.41, 5.74) is 0.0897. The number of hydrogen-bond acceptors (Lipinski definition) is 3. The van der Waals surface area contributed by atoms with Crippen molar-refractivity contribution in [3.05, 3.63) is 0 Å². The molecule has 0 aromatic carbocycles. The van der Waals surface area contributed by atoms with E-state index in [2.05, 4.69) is 5.32 Å². The number of carboxylic acid groups (broad SMARTS) is 1. The van der Waals surface area contributed by atoms with E-state index in [0.29, 0.717) is 32.7 Å². The van der Waals surface area contributed by atoms with Crippen LogP contribution in [0.2, 0.25) is 0 Å². The number of urea groups is 1. The quantitative estimate of drug-likeness (QED) is 0.798. The zero-order valence-electron chi connectivity index (χ0n) is 12.1. The number of aliphatic carboxylic acids is 1. The molecule has 2 aliphatic rings.